The molecule has 136 valence electrons. The quantitative estimate of drug-likeness (QED) is 0.773. The van der Waals surface area contributed by atoms with Gasteiger partial charge in [0.2, 0.25) is 0 Å². The number of carbonyl (C=O) groups excluding carboxylic acids is 1. The van der Waals surface area contributed by atoms with Gasteiger partial charge in [-0.1, -0.05) is 18.2 Å². The first kappa shape index (κ1) is 17.0. The lowest BCUT2D eigenvalue weighted by atomic mass is 10.2. The zero-order valence-electron chi connectivity index (χ0n) is 15.4. The van der Waals surface area contributed by atoms with Gasteiger partial charge in [-0.2, -0.15) is 0 Å². The smallest absolute Gasteiger partial charge is 0.278 e. The van der Waals surface area contributed by atoms with E-state index in [0.29, 0.717) is 18.1 Å². The van der Waals surface area contributed by atoms with E-state index in [9.17, 15) is 4.79 Å². The molecule has 3 aromatic rings. The molecular weight excluding hydrogens is 338 g/mol. The van der Waals surface area contributed by atoms with Crippen molar-refractivity contribution in [1.82, 2.24) is 10.2 Å². The van der Waals surface area contributed by atoms with Crippen LogP contribution in [0.1, 0.15) is 16.1 Å². The van der Waals surface area contributed by atoms with Crippen molar-refractivity contribution in [3.8, 4) is 0 Å². The Balaban J connectivity index is 1.47. The van der Waals surface area contributed by atoms with E-state index in [4.69, 9.17) is 0 Å². The van der Waals surface area contributed by atoms with E-state index < -0.39 is 0 Å². The zero-order valence-corrected chi connectivity index (χ0v) is 15.4. The molecule has 0 atom stereocenters. The molecular formula is C21H21N5O. The Kier molecular flexibility index (Phi) is 4.46. The summed E-state index contributed by atoms with van der Waals surface area (Å²) in [4.78, 5) is 16.6. The summed E-state index contributed by atoms with van der Waals surface area (Å²) < 4.78 is 0. The molecule has 1 amide bonds. The summed E-state index contributed by atoms with van der Waals surface area (Å²) in [5.74, 6) is 0.486. The van der Waals surface area contributed by atoms with Crippen molar-refractivity contribution in [2.75, 3.05) is 35.8 Å². The first-order valence-electron chi connectivity index (χ1n) is 8.90. The number of carbonyl (C=O) groups is 1. The van der Waals surface area contributed by atoms with E-state index in [1.807, 2.05) is 61.5 Å². The van der Waals surface area contributed by atoms with Gasteiger partial charge in [0.05, 0.1) is 0 Å². The van der Waals surface area contributed by atoms with Gasteiger partial charge in [-0.25, -0.2) is 0 Å². The maximum absolute atomic E-state index is 12.8. The maximum Gasteiger partial charge on any atom is 0.278 e. The number of para-hydroxylation sites is 1. The lowest BCUT2D eigenvalue weighted by molar-refractivity contribution is 0.0983. The van der Waals surface area contributed by atoms with E-state index in [1.165, 1.54) is 5.56 Å². The Morgan fingerprint density at radius 3 is 2.48 bits per heavy atom. The minimum Gasteiger partial charge on any atom is -0.378 e. The molecule has 0 bridgehead atoms. The van der Waals surface area contributed by atoms with Crippen molar-refractivity contribution in [3.63, 3.8) is 0 Å². The highest BCUT2D eigenvalue weighted by Gasteiger charge is 2.26. The molecule has 2 heterocycles. The van der Waals surface area contributed by atoms with E-state index in [1.54, 1.807) is 17.0 Å². The second kappa shape index (κ2) is 7.07. The average molecular weight is 359 g/mol. The van der Waals surface area contributed by atoms with Crippen molar-refractivity contribution in [2.24, 2.45) is 0 Å². The van der Waals surface area contributed by atoms with Gasteiger partial charge in [0.25, 0.3) is 5.91 Å². The van der Waals surface area contributed by atoms with E-state index >= 15 is 0 Å². The molecule has 1 aliphatic rings. The predicted octanol–water partition coefficient (Wildman–Crippen LogP) is 3.49. The predicted molar refractivity (Wildman–Crippen MR) is 108 cm³/mol. The Morgan fingerprint density at radius 1 is 1.00 bits per heavy atom. The topological polar surface area (TPSA) is 61.4 Å². The largest absolute Gasteiger partial charge is 0.378 e. The van der Waals surface area contributed by atoms with Gasteiger partial charge < -0.3 is 15.1 Å². The Labute approximate surface area is 158 Å². The highest BCUT2D eigenvalue weighted by atomic mass is 16.2. The standard InChI is InChI=1S/C21H21N5O/c1-25(2)17-9-7-16(8-10-17)22-20-12-11-18(23-24-20)21(27)26-14-13-15-5-3-4-6-19(15)26/h3-12H,13-14H2,1-2H3,(H,22,24). The van der Waals surface area contributed by atoms with Crippen LogP contribution in [0.3, 0.4) is 0 Å². The monoisotopic (exact) mass is 359 g/mol. The summed E-state index contributed by atoms with van der Waals surface area (Å²) >= 11 is 0. The number of hydrogen-bond acceptors (Lipinski definition) is 5. The summed E-state index contributed by atoms with van der Waals surface area (Å²) in [5, 5.41) is 11.5. The molecule has 0 fully saturated rings. The molecule has 2 aromatic carbocycles. The normalized spacial score (nSPS) is 12.6. The van der Waals surface area contributed by atoms with E-state index in [-0.39, 0.29) is 5.91 Å². The molecule has 6 heteroatoms. The van der Waals surface area contributed by atoms with Crippen molar-refractivity contribution in [2.45, 2.75) is 6.42 Å². The lowest BCUT2D eigenvalue weighted by Gasteiger charge is -2.16. The minimum absolute atomic E-state index is 0.116. The SMILES string of the molecule is CN(C)c1ccc(Nc2ccc(C(=O)N3CCc4ccccc43)nn2)cc1. The number of benzene rings is 2. The summed E-state index contributed by atoms with van der Waals surface area (Å²) in [6, 6.07) is 19.5. The van der Waals surface area contributed by atoms with E-state index in [0.717, 1.165) is 23.5 Å². The number of hydrogen-bond donors (Lipinski definition) is 1. The lowest BCUT2D eigenvalue weighted by Crippen LogP contribution is -2.29. The number of nitrogens with zero attached hydrogens (tertiary/aromatic N) is 4. The molecule has 1 aromatic heterocycles. The highest BCUT2D eigenvalue weighted by Crippen LogP contribution is 2.28. The second-order valence-corrected chi connectivity index (χ2v) is 6.71. The fourth-order valence-corrected chi connectivity index (χ4v) is 3.19. The third-order valence-electron chi connectivity index (χ3n) is 4.67. The molecule has 0 saturated heterocycles. The third kappa shape index (κ3) is 3.46. The van der Waals surface area contributed by atoms with Gasteiger partial charge in [0.15, 0.2) is 11.5 Å². The number of fused-ring (bicyclic) bond motifs is 1. The number of amides is 1. The number of anilines is 4. The van der Waals surface area contributed by atoms with Gasteiger partial charge in [0, 0.05) is 37.7 Å². The molecule has 0 spiro atoms. The molecule has 0 saturated carbocycles. The number of rotatable bonds is 4. The molecule has 0 radical (unpaired) electrons. The molecule has 6 nitrogen and oxygen atoms in total. The Bertz CT molecular complexity index is 951. The fourth-order valence-electron chi connectivity index (χ4n) is 3.19. The van der Waals surface area contributed by atoms with Gasteiger partial charge >= 0.3 is 0 Å². The van der Waals surface area contributed by atoms with Gasteiger partial charge in [-0.05, 0) is 54.4 Å². The average Bonchev–Trinajstić information content (AvgIpc) is 3.12. The van der Waals surface area contributed by atoms with Crippen LogP contribution in [0.5, 0.6) is 0 Å². The van der Waals surface area contributed by atoms with Gasteiger partial charge in [-0.3, -0.25) is 4.79 Å². The maximum atomic E-state index is 12.8. The van der Waals surface area contributed by atoms with Crippen LogP contribution in [-0.4, -0.2) is 36.7 Å². The van der Waals surface area contributed by atoms with Crippen LogP contribution in [0.2, 0.25) is 0 Å². The third-order valence-corrected chi connectivity index (χ3v) is 4.67. The van der Waals surface area contributed by atoms with E-state index in [2.05, 4.69) is 21.6 Å². The Morgan fingerprint density at radius 2 is 1.78 bits per heavy atom. The molecule has 0 aliphatic carbocycles. The fraction of sp³-hybridized carbons (Fsp3) is 0.190. The van der Waals surface area contributed by atoms with Crippen LogP contribution in [-0.2, 0) is 6.42 Å². The summed E-state index contributed by atoms with van der Waals surface area (Å²) in [6.07, 6.45) is 0.873. The first-order chi connectivity index (χ1) is 13.1. The van der Waals surface area contributed by atoms with Crippen LogP contribution in [0.25, 0.3) is 0 Å². The molecule has 1 aliphatic heterocycles. The van der Waals surface area contributed by atoms with Crippen LogP contribution in [0, 0.1) is 0 Å². The van der Waals surface area contributed by atoms with Crippen molar-refractivity contribution in [3.05, 3.63) is 71.9 Å². The van der Waals surface area contributed by atoms with Gasteiger partial charge in [-0.15, -0.1) is 10.2 Å². The summed E-state index contributed by atoms with van der Waals surface area (Å²) in [7, 11) is 4.00. The number of aromatic nitrogens is 2. The first-order valence-corrected chi connectivity index (χ1v) is 8.90. The Hall–Kier alpha value is -3.41. The molecule has 0 unspecified atom stereocenters. The van der Waals surface area contributed by atoms with Crippen molar-refractivity contribution >= 4 is 28.8 Å². The van der Waals surface area contributed by atoms with Crippen LogP contribution < -0.4 is 15.1 Å². The highest BCUT2D eigenvalue weighted by molar-refractivity contribution is 6.06. The zero-order chi connectivity index (χ0) is 18.8. The van der Waals surface area contributed by atoms with Crippen LogP contribution >= 0.6 is 0 Å². The number of nitrogens with one attached hydrogen (secondary N) is 1. The summed E-state index contributed by atoms with van der Waals surface area (Å²) in [5.41, 5.74) is 4.55. The van der Waals surface area contributed by atoms with Crippen molar-refractivity contribution < 1.29 is 4.79 Å². The van der Waals surface area contributed by atoms with Crippen molar-refractivity contribution in [1.29, 1.82) is 0 Å². The molecule has 1 N–H and O–H groups in total. The van der Waals surface area contributed by atoms with Gasteiger partial charge in [0.1, 0.15) is 0 Å². The molecule has 4 rings (SSSR count). The van der Waals surface area contributed by atoms with Crippen LogP contribution in [0.15, 0.2) is 60.7 Å². The summed E-state index contributed by atoms with van der Waals surface area (Å²) in [6.45, 7) is 0.679. The second-order valence-electron chi connectivity index (χ2n) is 6.71. The van der Waals surface area contributed by atoms with Crippen LogP contribution in [0.4, 0.5) is 22.9 Å². The molecule has 27 heavy (non-hydrogen) atoms. The minimum atomic E-state index is -0.116.